The van der Waals surface area contributed by atoms with Gasteiger partial charge in [-0.15, -0.1) is 0 Å². The van der Waals surface area contributed by atoms with Crippen molar-refractivity contribution < 1.29 is 9.53 Å². The third-order valence-electron chi connectivity index (χ3n) is 1.81. The second kappa shape index (κ2) is 5.01. The Balaban J connectivity index is 2.34. The first-order chi connectivity index (χ1) is 7.37. The molecule has 1 amide bonds. The van der Waals surface area contributed by atoms with Crippen LogP contribution in [0.1, 0.15) is 27.7 Å². The van der Waals surface area contributed by atoms with Gasteiger partial charge in [0.2, 0.25) is 0 Å². The van der Waals surface area contributed by atoms with Crippen molar-refractivity contribution >= 4 is 6.09 Å². The number of carbonyl (C=O) groups is 1. The first-order valence-electron chi connectivity index (χ1n) is 5.32. The summed E-state index contributed by atoms with van der Waals surface area (Å²) in [7, 11) is 0. The summed E-state index contributed by atoms with van der Waals surface area (Å²) in [5.74, 6) is 0. The lowest BCUT2D eigenvalue weighted by molar-refractivity contribution is 0.0504. The van der Waals surface area contributed by atoms with Crippen molar-refractivity contribution in [3.8, 4) is 0 Å². The molecule has 0 saturated heterocycles. The van der Waals surface area contributed by atoms with Crippen LogP contribution < -0.4 is 5.32 Å². The van der Waals surface area contributed by atoms with E-state index in [-0.39, 0.29) is 12.1 Å². The minimum absolute atomic E-state index is 0.00375. The summed E-state index contributed by atoms with van der Waals surface area (Å²) in [5.41, 5.74) is -0.460. The predicted molar refractivity (Wildman–Crippen MR) is 61.1 cm³/mol. The first-order valence-corrected chi connectivity index (χ1v) is 5.32. The zero-order valence-electron chi connectivity index (χ0n) is 10.2. The molecule has 1 unspecified atom stereocenters. The Morgan fingerprint density at radius 3 is 2.75 bits per heavy atom. The summed E-state index contributed by atoms with van der Waals surface area (Å²) in [6.07, 6.45) is 4.89. The van der Waals surface area contributed by atoms with Crippen molar-refractivity contribution in [3.05, 3.63) is 18.7 Å². The lowest BCUT2D eigenvalue weighted by Gasteiger charge is -2.22. The van der Waals surface area contributed by atoms with Crippen molar-refractivity contribution in [1.82, 2.24) is 14.9 Å². The fourth-order valence-corrected chi connectivity index (χ4v) is 1.27. The topological polar surface area (TPSA) is 56.2 Å². The molecular formula is C11H19N3O2. The standard InChI is InChI=1S/C11H19N3O2/c1-9(7-14-6-5-12-8-14)13-10(15)16-11(2,3)4/h5-6,8-9H,7H2,1-4H3,(H,13,15). The minimum Gasteiger partial charge on any atom is -0.444 e. The molecule has 1 rings (SSSR count). The molecule has 0 fully saturated rings. The highest BCUT2D eigenvalue weighted by Crippen LogP contribution is 2.06. The zero-order valence-corrected chi connectivity index (χ0v) is 10.2. The number of imidazole rings is 1. The molecule has 90 valence electrons. The number of nitrogens with one attached hydrogen (secondary N) is 1. The summed E-state index contributed by atoms with van der Waals surface area (Å²) in [4.78, 5) is 15.4. The van der Waals surface area contributed by atoms with E-state index in [1.807, 2.05) is 38.5 Å². The van der Waals surface area contributed by atoms with E-state index in [9.17, 15) is 4.79 Å². The number of hydrogen-bond donors (Lipinski definition) is 1. The van der Waals surface area contributed by atoms with Gasteiger partial charge in [-0.25, -0.2) is 9.78 Å². The second-order valence-electron chi connectivity index (χ2n) is 4.81. The maximum absolute atomic E-state index is 11.4. The number of amides is 1. The summed E-state index contributed by atoms with van der Waals surface area (Å²) >= 11 is 0. The van der Waals surface area contributed by atoms with E-state index in [0.29, 0.717) is 6.54 Å². The Morgan fingerprint density at radius 2 is 2.25 bits per heavy atom. The first kappa shape index (κ1) is 12.5. The van der Waals surface area contributed by atoms with Crippen molar-refractivity contribution in [1.29, 1.82) is 0 Å². The van der Waals surface area contributed by atoms with E-state index >= 15 is 0 Å². The smallest absolute Gasteiger partial charge is 0.407 e. The molecule has 16 heavy (non-hydrogen) atoms. The van der Waals surface area contributed by atoms with Gasteiger partial charge in [0.1, 0.15) is 5.60 Å². The third-order valence-corrected chi connectivity index (χ3v) is 1.81. The average Bonchev–Trinajstić information content (AvgIpc) is 2.51. The highest BCUT2D eigenvalue weighted by atomic mass is 16.6. The molecule has 5 nitrogen and oxygen atoms in total. The van der Waals surface area contributed by atoms with Gasteiger partial charge in [0.25, 0.3) is 0 Å². The fourth-order valence-electron chi connectivity index (χ4n) is 1.27. The van der Waals surface area contributed by atoms with Gasteiger partial charge in [0.15, 0.2) is 0 Å². The Kier molecular flexibility index (Phi) is 3.93. The molecule has 0 saturated carbocycles. The number of rotatable bonds is 3. The molecule has 1 N–H and O–H groups in total. The van der Waals surface area contributed by atoms with Gasteiger partial charge in [-0.1, -0.05) is 0 Å². The highest BCUT2D eigenvalue weighted by molar-refractivity contribution is 5.67. The molecule has 0 bridgehead atoms. The molecule has 1 heterocycles. The van der Waals surface area contributed by atoms with Crippen LogP contribution in [0.3, 0.4) is 0 Å². The number of hydrogen-bond acceptors (Lipinski definition) is 3. The van der Waals surface area contributed by atoms with Crippen molar-refractivity contribution in [2.45, 2.75) is 45.9 Å². The van der Waals surface area contributed by atoms with Gasteiger partial charge in [-0.2, -0.15) is 0 Å². The van der Waals surface area contributed by atoms with Crippen LogP contribution in [0.5, 0.6) is 0 Å². The quantitative estimate of drug-likeness (QED) is 0.853. The Labute approximate surface area is 95.8 Å². The number of alkyl carbamates (subject to hydrolysis) is 1. The summed E-state index contributed by atoms with van der Waals surface area (Å²) in [6, 6.07) is 0.00375. The molecule has 1 aromatic rings. The molecule has 0 aromatic carbocycles. The van der Waals surface area contributed by atoms with Crippen LogP contribution in [-0.4, -0.2) is 27.3 Å². The summed E-state index contributed by atoms with van der Waals surface area (Å²) < 4.78 is 7.06. The van der Waals surface area contributed by atoms with Gasteiger partial charge in [0, 0.05) is 25.0 Å². The summed E-state index contributed by atoms with van der Waals surface area (Å²) in [5, 5.41) is 2.76. The Morgan fingerprint density at radius 1 is 1.56 bits per heavy atom. The van der Waals surface area contributed by atoms with Crippen molar-refractivity contribution in [3.63, 3.8) is 0 Å². The fraction of sp³-hybridized carbons (Fsp3) is 0.636. The molecule has 0 aliphatic heterocycles. The van der Waals surface area contributed by atoms with Crippen LogP contribution >= 0.6 is 0 Å². The zero-order chi connectivity index (χ0) is 12.2. The minimum atomic E-state index is -0.460. The lowest BCUT2D eigenvalue weighted by Crippen LogP contribution is -2.39. The molecular weight excluding hydrogens is 206 g/mol. The van der Waals surface area contributed by atoms with Crippen molar-refractivity contribution in [2.75, 3.05) is 0 Å². The number of carbonyl (C=O) groups excluding carboxylic acids is 1. The largest absolute Gasteiger partial charge is 0.444 e. The van der Waals surface area contributed by atoms with Crippen LogP contribution in [0.25, 0.3) is 0 Å². The maximum atomic E-state index is 11.4. The second-order valence-corrected chi connectivity index (χ2v) is 4.81. The lowest BCUT2D eigenvalue weighted by atomic mass is 10.2. The molecule has 1 atom stereocenters. The molecule has 0 aliphatic carbocycles. The Hall–Kier alpha value is -1.52. The van der Waals surface area contributed by atoms with E-state index in [4.69, 9.17) is 4.74 Å². The summed E-state index contributed by atoms with van der Waals surface area (Å²) in [6.45, 7) is 8.12. The van der Waals surface area contributed by atoms with Crippen LogP contribution in [0.2, 0.25) is 0 Å². The monoisotopic (exact) mass is 225 g/mol. The Bertz CT molecular complexity index is 327. The van der Waals surface area contributed by atoms with E-state index in [0.717, 1.165) is 0 Å². The SMILES string of the molecule is CC(Cn1ccnc1)NC(=O)OC(C)(C)C. The van der Waals surface area contributed by atoms with Crippen LogP contribution in [-0.2, 0) is 11.3 Å². The van der Waals surface area contributed by atoms with E-state index < -0.39 is 5.60 Å². The molecule has 1 aromatic heterocycles. The number of ether oxygens (including phenoxy) is 1. The van der Waals surface area contributed by atoms with Crippen LogP contribution in [0.15, 0.2) is 18.7 Å². The predicted octanol–water partition coefficient (Wildman–Crippen LogP) is 1.80. The van der Waals surface area contributed by atoms with Crippen molar-refractivity contribution in [2.24, 2.45) is 0 Å². The average molecular weight is 225 g/mol. The molecule has 0 spiro atoms. The van der Waals surface area contributed by atoms with E-state index in [2.05, 4.69) is 10.3 Å². The van der Waals surface area contributed by atoms with Gasteiger partial charge >= 0.3 is 6.09 Å². The number of aromatic nitrogens is 2. The van der Waals surface area contributed by atoms with Gasteiger partial charge < -0.3 is 14.6 Å². The maximum Gasteiger partial charge on any atom is 0.407 e. The van der Waals surface area contributed by atoms with Crippen LogP contribution in [0.4, 0.5) is 4.79 Å². The van der Waals surface area contributed by atoms with Gasteiger partial charge in [-0.3, -0.25) is 0 Å². The van der Waals surface area contributed by atoms with Gasteiger partial charge in [0.05, 0.1) is 6.33 Å². The van der Waals surface area contributed by atoms with E-state index in [1.54, 1.807) is 12.5 Å². The normalized spacial score (nSPS) is 13.2. The molecule has 5 heteroatoms. The van der Waals surface area contributed by atoms with E-state index in [1.165, 1.54) is 0 Å². The molecule has 0 radical (unpaired) electrons. The van der Waals surface area contributed by atoms with Crippen LogP contribution in [0, 0.1) is 0 Å². The molecule has 0 aliphatic rings. The highest BCUT2D eigenvalue weighted by Gasteiger charge is 2.17. The third kappa shape index (κ3) is 4.82. The number of nitrogens with zero attached hydrogens (tertiary/aromatic N) is 2. The van der Waals surface area contributed by atoms with Gasteiger partial charge in [-0.05, 0) is 27.7 Å².